The first-order valence-corrected chi connectivity index (χ1v) is 14.5. The number of pyridine rings is 2. The van der Waals surface area contributed by atoms with Gasteiger partial charge in [0, 0.05) is 19.0 Å². The van der Waals surface area contributed by atoms with Crippen LogP contribution in [0.25, 0.3) is 11.0 Å². The zero-order chi connectivity index (χ0) is 28.3. The Labute approximate surface area is 231 Å². The first kappa shape index (κ1) is 26.8. The number of carbonyl (C=O) groups is 1. The first-order valence-electron chi connectivity index (χ1n) is 12.6. The molecule has 5 rings (SSSR count). The summed E-state index contributed by atoms with van der Waals surface area (Å²) < 4.78 is 25.2. The van der Waals surface area contributed by atoms with Crippen LogP contribution in [0.15, 0.2) is 107 Å². The fourth-order valence-corrected chi connectivity index (χ4v) is 5.16. The second-order valence-corrected chi connectivity index (χ2v) is 11.6. The van der Waals surface area contributed by atoms with Gasteiger partial charge in [0.05, 0.1) is 17.0 Å². The molecule has 2 N–H and O–H groups in total. The third-order valence-electron chi connectivity index (χ3n) is 6.60. The zero-order valence-corrected chi connectivity index (χ0v) is 22.6. The molecule has 0 saturated carbocycles. The molecule has 2 aromatic heterocycles. The summed E-state index contributed by atoms with van der Waals surface area (Å²) in [5, 5.41) is 13.8. The third-order valence-corrected chi connectivity index (χ3v) is 7.73. The van der Waals surface area contributed by atoms with Crippen molar-refractivity contribution in [2.24, 2.45) is 0 Å². The minimum absolute atomic E-state index is 0.0368. The molecule has 5 aromatic rings. The molecular formula is C31H27N3O5S. The van der Waals surface area contributed by atoms with Crippen molar-refractivity contribution in [1.29, 1.82) is 0 Å². The summed E-state index contributed by atoms with van der Waals surface area (Å²) in [6, 6.07) is 27.0. The topological polar surface area (TPSA) is 118 Å². The zero-order valence-electron chi connectivity index (χ0n) is 21.7. The normalized spacial score (nSPS) is 11.4. The largest absolute Gasteiger partial charge is 0.505 e. The van der Waals surface area contributed by atoms with Crippen LogP contribution in [0.5, 0.6) is 5.75 Å². The number of aromatic nitrogens is 2. The van der Waals surface area contributed by atoms with Gasteiger partial charge in [0.15, 0.2) is 15.6 Å². The van der Waals surface area contributed by atoms with Gasteiger partial charge >= 0.3 is 0 Å². The van der Waals surface area contributed by atoms with E-state index in [-0.39, 0.29) is 23.5 Å². The van der Waals surface area contributed by atoms with Gasteiger partial charge in [-0.1, -0.05) is 72.8 Å². The van der Waals surface area contributed by atoms with Gasteiger partial charge < -0.3 is 15.0 Å². The van der Waals surface area contributed by atoms with Crippen LogP contribution in [0.4, 0.5) is 0 Å². The molecule has 0 aliphatic carbocycles. The number of sulfone groups is 1. The van der Waals surface area contributed by atoms with Crippen molar-refractivity contribution in [3.05, 3.63) is 135 Å². The van der Waals surface area contributed by atoms with Gasteiger partial charge in [0.2, 0.25) is 0 Å². The van der Waals surface area contributed by atoms with Gasteiger partial charge in [0.25, 0.3) is 11.5 Å². The van der Waals surface area contributed by atoms with E-state index in [0.29, 0.717) is 17.5 Å². The Morgan fingerprint density at radius 3 is 2.12 bits per heavy atom. The molecule has 0 fully saturated rings. The summed E-state index contributed by atoms with van der Waals surface area (Å²) in [6.07, 6.45) is 3.30. The van der Waals surface area contributed by atoms with Gasteiger partial charge in [-0.25, -0.2) is 8.42 Å². The van der Waals surface area contributed by atoms with E-state index in [4.69, 9.17) is 0 Å². The number of hydrogen-bond donors (Lipinski definition) is 2. The van der Waals surface area contributed by atoms with E-state index < -0.39 is 32.6 Å². The summed E-state index contributed by atoms with van der Waals surface area (Å²) in [6.45, 7) is 0.210. The smallest absolute Gasteiger partial charge is 0.268 e. The number of aromatic hydroxyl groups is 1. The Bertz CT molecular complexity index is 1850. The molecular weight excluding hydrogens is 526 g/mol. The van der Waals surface area contributed by atoms with Crippen LogP contribution < -0.4 is 10.9 Å². The Morgan fingerprint density at radius 2 is 1.50 bits per heavy atom. The van der Waals surface area contributed by atoms with Crippen LogP contribution in [-0.4, -0.2) is 35.2 Å². The van der Waals surface area contributed by atoms with Crippen molar-refractivity contribution >= 4 is 26.8 Å². The molecule has 0 unspecified atom stereocenters. The number of fused-ring (bicyclic) bond motifs is 1. The van der Waals surface area contributed by atoms with Gasteiger partial charge in [-0.15, -0.1) is 0 Å². The molecule has 0 radical (unpaired) electrons. The molecule has 0 bridgehead atoms. The summed E-state index contributed by atoms with van der Waals surface area (Å²) in [5.74, 6) is -1.20. The minimum Gasteiger partial charge on any atom is -0.505 e. The van der Waals surface area contributed by atoms with Crippen LogP contribution >= 0.6 is 0 Å². The fourth-order valence-electron chi connectivity index (χ4n) is 4.53. The number of benzene rings is 3. The first-order chi connectivity index (χ1) is 19.2. The Morgan fingerprint density at radius 1 is 0.875 bits per heavy atom. The van der Waals surface area contributed by atoms with Crippen molar-refractivity contribution in [2.75, 3.05) is 6.26 Å². The van der Waals surface area contributed by atoms with Gasteiger partial charge in [-0.3, -0.25) is 14.6 Å². The average molecular weight is 554 g/mol. The molecule has 2 heterocycles. The van der Waals surface area contributed by atoms with E-state index in [2.05, 4.69) is 10.3 Å². The molecule has 202 valence electrons. The van der Waals surface area contributed by atoms with Gasteiger partial charge in [0.1, 0.15) is 11.1 Å². The molecule has 0 saturated heterocycles. The molecule has 9 heteroatoms. The number of carbonyl (C=O) groups excluding carboxylic acids is 1. The lowest BCUT2D eigenvalue weighted by atomic mass is 10.0. The standard InChI is InChI=1S/C31H27N3O5S/c1-40(38,39)25-14-12-23(13-15-25)20-34-26-17-24(16-21-8-4-2-5-9-21)19-32-28(26)29(35)27(31(34)37)30(36)33-18-22-10-6-3-7-11-22/h2-15,17,19,35H,16,18,20H2,1H3,(H,33,36). The highest BCUT2D eigenvalue weighted by Gasteiger charge is 2.24. The predicted octanol–water partition coefficient (Wildman–Crippen LogP) is 4.07. The highest BCUT2D eigenvalue weighted by molar-refractivity contribution is 7.90. The quantitative estimate of drug-likeness (QED) is 0.299. The lowest BCUT2D eigenvalue weighted by Gasteiger charge is -2.16. The molecule has 0 aliphatic rings. The van der Waals surface area contributed by atoms with Crippen LogP contribution in [0.3, 0.4) is 0 Å². The van der Waals surface area contributed by atoms with Gasteiger partial charge in [-0.05, 0) is 46.9 Å². The molecule has 0 spiro atoms. The summed E-state index contributed by atoms with van der Waals surface area (Å²) >= 11 is 0. The van der Waals surface area contributed by atoms with Crippen LogP contribution in [0.2, 0.25) is 0 Å². The maximum absolute atomic E-state index is 13.8. The molecule has 0 atom stereocenters. The summed E-state index contributed by atoms with van der Waals surface area (Å²) in [4.78, 5) is 31.6. The van der Waals surface area contributed by atoms with Crippen molar-refractivity contribution in [1.82, 2.24) is 14.9 Å². The molecule has 3 aromatic carbocycles. The molecule has 1 amide bonds. The van der Waals surface area contributed by atoms with E-state index in [9.17, 15) is 23.1 Å². The van der Waals surface area contributed by atoms with Crippen LogP contribution in [0.1, 0.15) is 32.6 Å². The average Bonchev–Trinajstić information content (AvgIpc) is 2.95. The number of amides is 1. The van der Waals surface area contributed by atoms with E-state index in [1.165, 1.54) is 16.7 Å². The third kappa shape index (κ3) is 5.79. The minimum atomic E-state index is -3.39. The Kier molecular flexibility index (Phi) is 7.48. The highest BCUT2D eigenvalue weighted by Crippen LogP contribution is 2.27. The highest BCUT2D eigenvalue weighted by atomic mass is 32.2. The molecule has 0 aliphatic heterocycles. The maximum Gasteiger partial charge on any atom is 0.268 e. The number of rotatable bonds is 8. The SMILES string of the molecule is CS(=O)(=O)c1ccc(Cn2c(=O)c(C(=O)NCc3ccccc3)c(O)c3ncc(Cc4ccccc4)cc32)cc1. The lowest BCUT2D eigenvalue weighted by molar-refractivity contribution is 0.0946. The molecule has 8 nitrogen and oxygen atoms in total. The number of hydrogen-bond acceptors (Lipinski definition) is 6. The lowest BCUT2D eigenvalue weighted by Crippen LogP contribution is -2.33. The predicted molar refractivity (Wildman–Crippen MR) is 153 cm³/mol. The van der Waals surface area contributed by atoms with Crippen molar-refractivity contribution < 1.29 is 18.3 Å². The second-order valence-electron chi connectivity index (χ2n) is 9.57. The number of nitrogens with one attached hydrogen (secondary N) is 1. The Hall–Kier alpha value is -4.76. The van der Waals surface area contributed by atoms with Gasteiger partial charge in [-0.2, -0.15) is 0 Å². The van der Waals surface area contributed by atoms with E-state index in [1.807, 2.05) is 60.7 Å². The van der Waals surface area contributed by atoms with Crippen LogP contribution in [-0.2, 0) is 29.3 Å². The van der Waals surface area contributed by atoms with Crippen LogP contribution in [0, 0.1) is 0 Å². The maximum atomic E-state index is 13.8. The summed E-state index contributed by atoms with van der Waals surface area (Å²) in [5.41, 5.74) is 2.75. The number of nitrogens with zero attached hydrogens (tertiary/aromatic N) is 2. The monoisotopic (exact) mass is 553 g/mol. The van der Waals surface area contributed by atoms with E-state index in [0.717, 1.165) is 22.9 Å². The van der Waals surface area contributed by atoms with Crippen molar-refractivity contribution in [2.45, 2.75) is 24.4 Å². The van der Waals surface area contributed by atoms with E-state index >= 15 is 0 Å². The Balaban J connectivity index is 1.59. The van der Waals surface area contributed by atoms with Crippen molar-refractivity contribution in [3.8, 4) is 5.75 Å². The summed E-state index contributed by atoms with van der Waals surface area (Å²) in [7, 11) is -3.39. The van der Waals surface area contributed by atoms with E-state index in [1.54, 1.807) is 24.4 Å². The second kappa shape index (κ2) is 11.2. The fraction of sp³-hybridized carbons (Fsp3) is 0.129. The van der Waals surface area contributed by atoms with Crippen molar-refractivity contribution in [3.63, 3.8) is 0 Å². The molecule has 40 heavy (non-hydrogen) atoms.